The standard InChI is InChI=1S/C14H18N2/c1-2-7-14-11(4-1)10-13(16-14)8-9-15-12-5-3-6-12/h1-2,4,7,10,12,15-16H,3,5-6,8-9H2. The van der Waals surface area contributed by atoms with Crippen LogP contribution in [0, 0.1) is 0 Å². The molecule has 0 bridgehead atoms. The van der Waals surface area contributed by atoms with Crippen LogP contribution in [0.15, 0.2) is 30.3 Å². The van der Waals surface area contributed by atoms with E-state index >= 15 is 0 Å². The van der Waals surface area contributed by atoms with Crippen molar-refractivity contribution in [2.24, 2.45) is 0 Å². The number of aromatic nitrogens is 1. The van der Waals surface area contributed by atoms with Gasteiger partial charge in [-0.1, -0.05) is 24.6 Å². The molecule has 1 aromatic heterocycles. The van der Waals surface area contributed by atoms with Crippen LogP contribution in [0.25, 0.3) is 10.9 Å². The van der Waals surface area contributed by atoms with Gasteiger partial charge in [0, 0.05) is 23.8 Å². The minimum atomic E-state index is 0.796. The number of hydrogen-bond donors (Lipinski definition) is 2. The van der Waals surface area contributed by atoms with Gasteiger partial charge in [0.05, 0.1) is 0 Å². The second-order valence-electron chi connectivity index (χ2n) is 4.71. The predicted octanol–water partition coefficient (Wildman–Crippen LogP) is 2.85. The Kier molecular flexibility index (Phi) is 2.66. The summed E-state index contributed by atoms with van der Waals surface area (Å²) in [5, 5.41) is 4.91. The van der Waals surface area contributed by atoms with E-state index in [9.17, 15) is 0 Å². The van der Waals surface area contributed by atoms with Gasteiger partial charge in [0.15, 0.2) is 0 Å². The van der Waals surface area contributed by atoms with Crippen molar-refractivity contribution in [1.82, 2.24) is 10.3 Å². The molecule has 2 N–H and O–H groups in total. The summed E-state index contributed by atoms with van der Waals surface area (Å²) in [6, 6.07) is 11.5. The number of benzene rings is 1. The molecular formula is C14H18N2. The van der Waals surface area contributed by atoms with Crippen molar-refractivity contribution in [3.63, 3.8) is 0 Å². The molecule has 16 heavy (non-hydrogen) atoms. The highest BCUT2D eigenvalue weighted by Gasteiger charge is 2.15. The maximum Gasteiger partial charge on any atom is 0.0456 e. The molecule has 1 heterocycles. The molecule has 2 aromatic rings. The third-order valence-corrected chi connectivity index (χ3v) is 3.52. The fourth-order valence-corrected chi connectivity index (χ4v) is 2.29. The summed E-state index contributed by atoms with van der Waals surface area (Å²) in [7, 11) is 0. The molecule has 1 aliphatic rings. The largest absolute Gasteiger partial charge is 0.358 e. The Bertz CT molecular complexity index is 435. The monoisotopic (exact) mass is 214 g/mol. The summed E-state index contributed by atoms with van der Waals surface area (Å²) >= 11 is 0. The zero-order chi connectivity index (χ0) is 10.8. The first-order chi connectivity index (χ1) is 7.92. The van der Waals surface area contributed by atoms with Crippen molar-refractivity contribution in [1.29, 1.82) is 0 Å². The van der Waals surface area contributed by atoms with Gasteiger partial charge in [-0.05, 0) is 36.8 Å². The van der Waals surface area contributed by atoms with E-state index in [0.717, 1.165) is 19.0 Å². The lowest BCUT2D eigenvalue weighted by Crippen LogP contribution is -2.36. The quantitative estimate of drug-likeness (QED) is 0.804. The number of aromatic amines is 1. The van der Waals surface area contributed by atoms with Gasteiger partial charge in [-0.25, -0.2) is 0 Å². The van der Waals surface area contributed by atoms with Crippen molar-refractivity contribution in [3.05, 3.63) is 36.0 Å². The van der Waals surface area contributed by atoms with Gasteiger partial charge in [-0.3, -0.25) is 0 Å². The predicted molar refractivity (Wildman–Crippen MR) is 67.6 cm³/mol. The van der Waals surface area contributed by atoms with E-state index in [1.807, 2.05) is 0 Å². The lowest BCUT2D eigenvalue weighted by molar-refractivity contribution is 0.342. The van der Waals surface area contributed by atoms with Crippen molar-refractivity contribution in [2.75, 3.05) is 6.54 Å². The molecule has 0 unspecified atom stereocenters. The number of fused-ring (bicyclic) bond motifs is 1. The molecular weight excluding hydrogens is 196 g/mol. The lowest BCUT2D eigenvalue weighted by atomic mass is 9.93. The smallest absolute Gasteiger partial charge is 0.0456 e. The number of H-pyrrole nitrogens is 1. The zero-order valence-electron chi connectivity index (χ0n) is 9.50. The summed E-state index contributed by atoms with van der Waals surface area (Å²) in [6.07, 6.45) is 5.24. The molecule has 2 nitrogen and oxygen atoms in total. The third-order valence-electron chi connectivity index (χ3n) is 3.52. The molecule has 0 aliphatic heterocycles. The molecule has 1 aromatic carbocycles. The van der Waals surface area contributed by atoms with Crippen molar-refractivity contribution < 1.29 is 0 Å². The van der Waals surface area contributed by atoms with Crippen LogP contribution in [0.3, 0.4) is 0 Å². The number of hydrogen-bond acceptors (Lipinski definition) is 1. The fraction of sp³-hybridized carbons (Fsp3) is 0.429. The van der Waals surface area contributed by atoms with Crippen LogP contribution in [0.4, 0.5) is 0 Å². The van der Waals surface area contributed by atoms with E-state index in [0.29, 0.717) is 0 Å². The third kappa shape index (κ3) is 1.98. The second-order valence-corrected chi connectivity index (χ2v) is 4.71. The van der Waals surface area contributed by atoms with Crippen LogP contribution in [-0.2, 0) is 6.42 Å². The van der Waals surface area contributed by atoms with Crippen LogP contribution in [0.2, 0.25) is 0 Å². The molecule has 84 valence electrons. The van der Waals surface area contributed by atoms with Gasteiger partial charge >= 0.3 is 0 Å². The summed E-state index contributed by atoms with van der Waals surface area (Å²) in [5.41, 5.74) is 2.59. The van der Waals surface area contributed by atoms with E-state index in [4.69, 9.17) is 0 Å². The topological polar surface area (TPSA) is 27.8 Å². The average Bonchev–Trinajstić information content (AvgIpc) is 2.64. The van der Waals surface area contributed by atoms with Crippen LogP contribution >= 0.6 is 0 Å². The highest BCUT2D eigenvalue weighted by atomic mass is 14.9. The maximum absolute atomic E-state index is 3.59. The zero-order valence-corrected chi connectivity index (χ0v) is 9.50. The van der Waals surface area contributed by atoms with Crippen molar-refractivity contribution in [2.45, 2.75) is 31.7 Å². The summed E-state index contributed by atoms with van der Waals surface area (Å²) < 4.78 is 0. The van der Waals surface area contributed by atoms with Gasteiger partial charge in [0.25, 0.3) is 0 Å². The minimum absolute atomic E-state index is 0.796. The number of para-hydroxylation sites is 1. The van der Waals surface area contributed by atoms with E-state index in [2.05, 4.69) is 40.6 Å². The minimum Gasteiger partial charge on any atom is -0.358 e. The lowest BCUT2D eigenvalue weighted by Gasteiger charge is -2.26. The Labute approximate surface area is 96.1 Å². The molecule has 0 spiro atoms. The molecule has 1 fully saturated rings. The Morgan fingerprint density at radius 3 is 2.88 bits per heavy atom. The van der Waals surface area contributed by atoms with Crippen molar-refractivity contribution in [3.8, 4) is 0 Å². The highest BCUT2D eigenvalue weighted by Crippen LogP contribution is 2.18. The Hall–Kier alpha value is -1.28. The summed E-state index contributed by atoms with van der Waals surface area (Å²) in [5.74, 6) is 0. The molecule has 2 heteroatoms. The average molecular weight is 214 g/mol. The van der Waals surface area contributed by atoms with E-state index in [-0.39, 0.29) is 0 Å². The number of rotatable bonds is 4. The molecule has 0 atom stereocenters. The Balaban J connectivity index is 1.60. The summed E-state index contributed by atoms with van der Waals surface area (Å²) in [6.45, 7) is 1.09. The first-order valence-electron chi connectivity index (χ1n) is 6.22. The normalized spacial score (nSPS) is 16.5. The van der Waals surface area contributed by atoms with Crippen LogP contribution in [0.5, 0.6) is 0 Å². The van der Waals surface area contributed by atoms with Crippen LogP contribution in [0.1, 0.15) is 25.0 Å². The van der Waals surface area contributed by atoms with E-state index in [1.54, 1.807) is 0 Å². The Morgan fingerprint density at radius 2 is 2.12 bits per heavy atom. The van der Waals surface area contributed by atoms with Crippen LogP contribution < -0.4 is 5.32 Å². The maximum atomic E-state index is 3.59. The van der Waals surface area contributed by atoms with Gasteiger partial charge < -0.3 is 10.3 Å². The molecule has 0 radical (unpaired) electrons. The van der Waals surface area contributed by atoms with Gasteiger partial charge in [0.2, 0.25) is 0 Å². The SMILES string of the molecule is c1ccc2[nH]c(CCNC3CCC3)cc2c1. The van der Waals surface area contributed by atoms with Gasteiger partial charge in [-0.15, -0.1) is 0 Å². The van der Waals surface area contributed by atoms with Gasteiger partial charge in [0.1, 0.15) is 0 Å². The number of nitrogens with one attached hydrogen (secondary N) is 2. The molecule has 1 aliphatic carbocycles. The molecule has 0 saturated heterocycles. The molecule has 1 saturated carbocycles. The molecule has 0 amide bonds. The first-order valence-corrected chi connectivity index (χ1v) is 6.22. The second kappa shape index (κ2) is 4.30. The van der Waals surface area contributed by atoms with Crippen LogP contribution in [-0.4, -0.2) is 17.6 Å². The summed E-state index contributed by atoms with van der Waals surface area (Å²) in [4.78, 5) is 3.47. The Morgan fingerprint density at radius 1 is 1.25 bits per heavy atom. The van der Waals surface area contributed by atoms with E-state index < -0.39 is 0 Å². The van der Waals surface area contributed by atoms with E-state index in [1.165, 1.54) is 35.9 Å². The first kappa shape index (κ1) is 9.91. The fourth-order valence-electron chi connectivity index (χ4n) is 2.29. The molecule has 3 rings (SSSR count). The van der Waals surface area contributed by atoms with Crippen molar-refractivity contribution >= 4 is 10.9 Å². The highest BCUT2D eigenvalue weighted by molar-refractivity contribution is 5.80. The van der Waals surface area contributed by atoms with Gasteiger partial charge in [-0.2, -0.15) is 0 Å².